The van der Waals surface area contributed by atoms with E-state index in [1.165, 1.54) is 0 Å². The first-order valence-electron chi connectivity index (χ1n) is 6.53. The molecule has 108 valence electrons. The third-order valence-corrected chi connectivity index (χ3v) is 3.12. The molecule has 1 amide bonds. The van der Waals surface area contributed by atoms with Crippen LogP contribution >= 0.6 is 0 Å². The molecule has 0 saturated carbocycles. The minimum Gasteiger partial charge on any atom is -0.395 e. The van der Waals surface area contributed by atoms with Crippen LogP contribution in [0.5, 0.6) is 0 Å². The van der Waals surface area contributed by atoms with E-state index in [-0.39, 0.29) is 19.1 Å². The van der Waals surface area contributed by atoms with Crippen LogP contribution in [0.2, 0.25) is 0 Å². The summed E-state index contributed by atoms with van der Waals surface area (Å²) in [5.41, 5.74) is 1.79. The number of hydrogen-bond donors (Lipinski definition) is 1. The highest BCUT2D eigenvalue weighted by molar-refractivity contribution is 5.80. The van der Waals surface area contributed by atoms with Crippen LogP contribution in [0.3, 0.4) is 0 Å². The van der Waals surface area contributed by atoms with Crippen molar-refractivity contribution in [2.45, 2.75) is 6.54 Å². The summed E-state index contributed by atoms with van der Waals surface area (Å²) in [6.07, 6.45) is 1.66. The Hall–Kier alpha value is -1.92. The highest BCUT2D eigenvalue weighted by Gasteiger charge is 2.14. The van der Waals surface area contributed by atoms with Crippen molar-refractivity contribution >= 4 is 16.9 Å². The number of amides is 1. The number of aromatic nitrogens is 2. The van der Waals surface area contributed by atoms with Crippen LogP contribution in [0.25, 0.3) is 11.0 Å². The lowest BCUT2D eigenvalue weighted by atomic mass is 10.3. The molecule has 0 atom stereocenters. The molecule has 20 heavy (non-hydrogen) atoms. The molecule has 0 spiro atoms. The van der Waals surface area contributed by atoms with E-state index in [2.05, 4.69) is 4.98 Å². The zero-order valence-electron chi connectivity index (χ0n) is 11.5. The number of hydrogen-bond acceptors (Lipinski definition) is 4. The first-order valence-corrected chi connectivity index (χ1v) is 6.53. The topological polar surface area (TPSA) is 67.6 Å². The molecule has 1 aromatic heterocycles. The largest absolute Gasteiger partial charge is 0.395 e. The minimum absolute atomic E-state index is 0.0554. The molecule has 1 N–H and O–H groups in total. The quantitative estimate of drug-likeness (QED) is 0.800. The van der Waals surface area contributed by atoms with Crippen molar-refractivity contribution < 1.29 is 14.6 Å². The predicted molar refractivity (Wildman–Crippen MR) is 75.3 cm³/mol. The van der Waals surface area contributed by atoms with Crippen LogP contribution in [0, 0.1) is 0 Å². The fourth-order valence-electron chi connectivity index (χ4n) is 2.07. The van der Waals surface area contributed by atoms with E-state index in [1.807, 2.05) is 28.8 Å². The normalized spacial score (nSPS) is 10.9. The number of ether oxygens (including phenoxy) is 1. The monoisotopic (exact) mass is 277 g/mol. The summed E-state index contributed by atoms with van der Waals surface area (Å²) >= 11 is 0. The molecule has 6 nitrogen and oxygen atoms in total. The molecule has 0 unspecified atom stereocenters. The number of fused-ring (bicyclic) bond motifs is 1. The SMILES string of the molecule is COCCN(CCO)C(=O)Cn1cnc2ccccc21. The van der Waals surface area contributed by atoms with Gasteiger partial charge < -0.3 is 19.3 Å². The lowest BCUT2D eigenvalue weighted by Crippen LogP contribution is -2.38. The fourth-order valence-corrected chi connectivity index (χ4v) is 2.07. The Kier molecular flexibility index (Phi) is 5.09. The highest BCUT2D eigenvalue weighted by atomic mass is 16.5. The van der Waals surface area contributed by atoms with Crippen molar-refractivity contribution in [3.8, 4) is 0 Å². The first-order chi connectivity index (χ1) is 9.76. The summed E-state index contributed by atoms with van der Waals surface area (Å²) in [6.45, 7) is 1.40. The summed E-state index contributed by atoms with van der Waals surface area (Å²) in [6, 6.07) is 7.67. The third-order valence-electron chi connectivity index (χ3n) is 3.12. The van der Waals surface area contributed by atoms with Crippen molar-refractivity contribution in [3.63, 3.8) is 0 Å². The van der Waals surface area contributed by atoms with Crippen LogP contribution in [-0.4, -0.2) is 58.9 Å². The van der Waals surface area contributed by atoms with Crippen molar-refractivity contribution in [2.75, 3.05) is 33.4 Å². The van der Waals surface area contributed by atoms with E-state index in [4.69, 9.17) is 9.84 Å². The number of imidazole rings is 1. The molecule has 0 saturated heterocycles. The maximum Gasteiger partial charge on any atom is 0.242 e. The lowest BCUT2D eigenvalue weighted by Gasteiger charge is -2.21. The molecule has 1 aromatic carbocycles. The molecule has 0 aliphatic heterocycles. The summed E-state index contributed by atoms with van der Waals surface area (Å²) < 4.78 is 6.79. The van der Waals surface area contributed by atoms with E-state index in [0.29, 0.717) is 19.7 Å². The maximum absolute atomic E-state index is 12.3. The van der Waals surface area contributed by atoms with Crippen LogP contribution in [0.4, 0.5) is 0 Å². The average molecular weight is 277 g/mol. The van der Waals surface area contributed by atoms with Gasteiger partial charge in [0.05, 0.1) is 30.6 Å². The minimum atomic E-state index is -0.0562. The zero-order valence-corrected chi connectivity index (χ0v) is 11.5. The Balaban J connectivity index is 2.08. The second kappa shape index (κ2) is 7.02. The maximum atomic E-state index is 12.3. The van der Waals surface area contributed by atoms with E-state index in [0.717, 1.165) is 11.0 Å². The summed E-state index contributed by atoms with van der Waals surface area (Å²) in [4.78, 5) is 18.1. The van der Waals surface area contributed by atoms with Crippen LogP contribution < -0.4 is 0 Å². The molecule has 0 aliphatic rings. The smallest absolute Gasteiger partial charge is 0.242 e. The molecule has 6 heteroatoms. The van der Waals surface area contributed by atoms with E-state index >= 15 is 0 Å². The molecule has 0 aliphatic carbocycles. The Bertz CT molecular complexity index is 568. The summed E-state index contributed by atoms with van der Waals surface area (Å²) in [5, 5.41) is 9.03. The number of para-hydroxylation sites is 2. The molecule has 2 rings (SSSR count). The van der Waals surface area contributed by atoms with Gasteiger partial charge in [0, 0.05) is 20.2 Å². The average Bonchev–Trinajstić information content (AvgIpc) is 2.87. The summed E-state index contributed by atoms with van der Waals surface area (Å²) in [5.74, 6) is -0.0562. The van der Waals surface area contributed by atoms with Gasteiger partial charge in [-0.05, 0) is 12.1 Å². The zero-order chi connectivity index (χ0) is 14.4. The van der Waals surface area contributed by atoms with Crippen LogP contribution in [0.1, 0.15) is 0 Å². The predicted octanol–water partition coefficient (Wildman–Crippen LogP) is 0.504. The Morgan fingerprint density at radius 2 is 2.20 bits per heavy atom. The van der Waals surface area contributed by atoms with Crippen molar-refractivity contribution in [1.29, 1.82) is 0 Å². The van der Waals surface area contributed by atoms with Gasteiger partial charge in [0.1, 0.15) is 6.54 Å². The van der Waals surface area contributed by atoms with Crippen molar-refractivity contribution in [2.24, 2.45) is 0 Å². The van der Waals surface area contributed by atoms with Crippen molar-refractivity contribution in [3.05, 3.63) is 30.6 Å². The molecule has 1 heterocycles. The molecular weight excluding hydrogens is 258 g/mol. The van der Waals surface area contributed by atoms with Gasteiger partial charge >= 0.3 is 0 Å². The number of carbonyl (C=O) groups excluding carboxylic acids is 1. The lowest BCUT2D eigenvalue weighted by molar-refractivity contribution is -0.132. The van der Waals surface area contributed by atoms with Crippen LogP contribution in [0.15, 0.2) is 30.6 Å². The molecular formula is C14H19N3O3. The Morgan fingerprint density at radius 3 is 2.95 bits per heavy atom. The van der Waals surface area contributed by atoms with Gasteiger partial charge in [-0.15, -0.1) is 0 Å². The van der Waals surface area contributed by atoms with Crippen molar-refractivity contribution in [1.82, 2.24) is 14.5 Å². The van der Waals surface area contributed by atoms with E-state index in [1.54, 1.807) is 18.3 Å². The van der Waals surface area contributed by atoms with Gasteiger partial charge in [-0.1, -0.05) is 12.1 Å². The molecule has 0 fully saturated rings. The second-order valence-corrected chi connectivity index (χ2v) is 4.46. The molecule has 0 radical (unpaired) electrons. The van der Waals surface area contributed by atoms with E-state index < -0.39 is 0 Å². The van der Waals surface area contributed by atoms with Gasteiger partial charge in [0.2, 0.25) is 5.91 Å². The highest BCUT2D eigenvalue weighted by Crippen LogP contribution is 2.11. The van der Waals surface area contributed by atoms with E-state index in [9.17, 15) is 4.79 Å². The number of aliphatic hydroxyl groups is 1. The fraction of sp³-hybridized carbons (Fsp3) is 0.429. The molecule has 2 aromatic rings. The van der Waals surface area contributed by atoms with Crippen LogP contribution in [-0.2, 0) is 16.1 Å². The number of methoxy groups -OCH3 is 1. The first kappa shape index (κ1) is 14.5. The number of rotatable bonds is 7. The van der Waals surface area contributed by atoms with Gasteiger partial charge in [0.25, 0.3) is 0 Å². The molecule has 0 bridgehead atoms. The number of carbonyl (C=O) groups is 1. The standard InChI is InChI=1S/C14H19N3O3/c1-20-9-7-16(6-8-18)14(19)10-17-11-15-12-4-2-3-5-13(12)17/h2-5,11,18H,6-10H2,1H3. The van der Waals surface area contributed by atoms with Gasteiger partial charge in [-0.3, -0.25) is 4.79 Å². The Morgan fingerprint density at radius 1 is 1.40 bits per heavy atom. The van der Waals surface area contributed by atoms with Gasteiger partial charge in [-0.2, -0.15) is 0 Å². The third kappa shape index (κ3) is 3.34. The van der Waals surface area contributed by atoms with Gasteiger partial charge in [-0.25, -0.2) is 4.98 Å². The number of aliphatic hydroxyl groups excluding tert-OH is 1. The summed E-state index contributed by atoms with van der Waals surface area (Å²) in [7, 11) is 1.59. The number of benzene rings is 1. The van der Waals surface area contributed by atoms with Gasteiger partial charge in [0.15, 0.2) is 0 Å². The number of nitrogens with zero attached hydrogens (tertiary/aromatic N) is 3. The Labute approximate surface area is 117 Å². The second-order valence-electron chi connectivity index (χ2n) is 4.46.